The zero-order valence-electron chi connectivity index (χ0n) is 12.3. The molecule has 0 spiro atoms. The number of hydrogen-bond donors (Lipinski definition) is 0. The SMILES string of the molecule is Cc1cc(C)n(Cc2cnc(N3CCN(C)CC3)s2)n1. The molecule has 1 aliphatic rings. The maximum absolute atomic E-state index is 4.58. The second kappa shape index (κ2) is 5.54. The maximum Gasteiger partial charge on any atom is 0.185 e. The summed E-state index contributed by atoms with van der Waals surface area (Å²) in [6, 6.07) is 2.11. The highest BCUT2D eigenvalue weighted by Gasteiger charge is 2.17. The quantitative estimate of drug-likeness (QED) is 0.863. The maximum atomic E-state index is 4.58. The van der Waals surface area contributed by atoms with E-state index in [1.165, 1.54) is 10.6 Å². The summed E-state index contributed by atoms with van der Waals surface area (Å²) in [5.41, 5.74) is 2.28. The van der Waals surface area contributed by atoms with Gasteiger partial charge in [0, 0.05) is 42.9 Å². The first-order valence-corrected chi connectivity index (χ1v) is 7.83. The number of thiazole rings is 1. The van der Waals surface area contributed by atoms with Crippen molar-refractivity contribution in [2.24, 2.45) is 0 Å². The molecular formula is C14H21N5S. The molecule has 6 heteroatoms. The normalized spacial score (nSPS) is 16.9. The predicted molar refractivity (Wildman–Crippen MR) is 82.6 cm³/mol. The molecule has 0 amide bonds. The van der Waals surface area contributed by atoms with E-state index in [0.717, 1.165) is 43.5 Å². The van der Waals surface area contributed by atoms with Gasteiger partial charge in [0.05, 0.1) is 12.2 Å². The smallest absolute Gasteiger partial charge is 0.185 e. The number of likely N-dealkylation sites (N-methyl/N-ethyl adjacent to an activating group) is 1. The summed E-state index contributed by atoms with van der Waals surface area (Å²) in [6.45, 7) is 9.34. The fourth-order valence-electron chi connectivity index (χ4n) is 2.50. The van der Waals surface area contributed by atoms with Crippen LogP contribution in [0.2, 0.25) is 0 Å². The van der Waals surface area contributed by atoms with Crippen molar-refractivity contribution in [1.29, 1.82) is 0 Å². The van der Waals surface area contributed by atoms with Gasteiger partial charge in [0.1, 0.15) is 0 Å². The Labute approximate surface area is 123 Å². The van der Waals surface area contributed by atoms with E-state index < -0.39 is 0 Å². The van der Waals surface area contributed by atoms with Crippen LogP contribution >= 0.6 is 11.3 Å². The summed E-state index contributed by atoms with van der Waals surface area (Å²) in [5.74, 6) is 0. The second-order valence-corrected chi connectivity index (χ2v) is 6.58. The summed E-state index contributed by atoms with van der Waals surface area (Å²) in [4.78, 5) is 10.6. The third-order valence-electron chi connectivity index (χ3n) is 3.72. The van der Waals surface area contributed by atoms with Crippen molar-refractivity contribution in [2.75, 3.05) is 38.1 Å². The van der Waals surface area contributed by atoms with Crippen molar-refractivity contribution in [3.8, 4) is 0 Å². The highest BCUT2D eigenvalue weighted by Crippen LogP contribution is 2.24. The lowest BCUT2D eigenvalue weighted by atomic mass is 10.3. The van der Waals surface area contributed by atoms with E-state index >= 15 is 0 Å². The lowest BCUT2D eigenvalue weighted by Gasteiger charge is -2.32. The van der Waals surface area contributed by atoms with E-state index in [0.29, 0.717) is 0 Å². The third-order valence-corrected chi connectivity index (χ3v) is 4.77. The molecule has 2 aromatic rings. The van der Waals surface area contributed by atoms with E-state index in [2.05, 4.69) is 44.6 Å². The Morgan fingerprint density at radius 1 is 1.20 bits per heavy atom. The van der Waals surface area contributed by atoms with E-state index in [1.54, 1.807) is 11.3 Å². The zero-order valence-corrected chi connectivity index (χ0v) is 13.2. The lowest BCUT2D eigenvalue weighted by molar-refractivity contribution is 0.313. The molecule has 0 bridgehead atoms. The largest absolute Gasteiger partial charge is 0.346 e. The minimum Gasteiger partial charge on any atom is -0.346 e. The molecule has 0 aromatic carbocycles. The van der Waals surface area contributed by atoms with Gasteiger partial charge in [-0.3, -0.25) is 4.68 Å². The monoisotopic (exact) mass is 291 g/mol. The first-order valence-electron chi connectivity index (χ1n) is 7.01. The van der Waals surface area contributed by atoms with Crippen LogP contribution in [-0.4, -0.2) is 52.9 Å². The summed E-state index contributed by atoms with van der Waals surface area (Å²) in [7, 11) is 2.17. The zero-order chi connectivity index (χ0) is 14.1. The molecule has 1 aliphatic heterocycles. The Morgan fingerprint density at radius 2 is 1.95 bits per heavy atom. The van der Waals surface area contributed by atoms with Crippen molar-refractivity contribution in [2.45, 2.75) is 20.4 Å². The third kappa shape index (κ3) is 2.86. The molecule has 0 N–H and O–H groups in total. The van der Waals surface area contributed by atoms with E-state index in [4.69, 9.17) is 0 Å². The number of piperazine rings is 1. The molecule has 0 unspecified atom stereocenters. The average molecular weight is 291 g/mol. The van der Waals surface area contributed by atoms with Crippen molar-refractivity contribution < 1.29 is 0 Å². The van der Waals surface area contributed by atoms with Crippen molar-refractivity contribution in [1.82, 2.24) is 19.7 Å². The van der Waals surface area contributed by atoms with Gasteiger partial charge in [-0.2, -0.15) is 5.10 Å². The molecule has 0 saturated carbocycles. The van der Waals surface area contributed by atoms with E-state index in [9.17, 15) is 0 Å². The Morgan fingerprint density at radius 3 is 2.60 bits per heavy atom. The number of nitrogens with zero attached hydrogens (tertiary/aromatic N) is 5. The average Bonchev–Trinajstić information content (AvgIpc) is 2.98. The Balaban J connectivity index is 1.69. The van der Waals surface area contributed by atoms with Crippen molar-refractivity contribution in [3.05, 3.63) is 28.5 Å². The first-order chi connectivity index (χ1) is 9.61. The second-order valence-electron chi connectivity index (χ2n) is 5.48. The molecule has 1 fully saturated rings. The molecule has 2 aromatic heterocycles. The van der Waals surface area contributed by atoms with Gasteiger partial charge in [0.15, 0.2) is 5.13 Å². The molecule has 3 rings (SSSR count). The van der Waals surface area contributed by atoms with Crippen molar-refractivity contribution >= 4 is 16.5 Å². The molecule has 0 aliphatic carbocycles. The minimum absolute atomic E-state index is 0.824. The number of anilines is 1. The van der Waals surface area contributed by atoms with Gasteiger partial charge in [-0.15, -0.1) is 0 Å². The fourth-order valence-corrected chi connectivity index (χ4v) is 3.44. The van der Waals surface area contributed by atoms with E-state index in [-0.39, 0.29) is 0 Å². The predicted octanol–water partition coefficient (Wildman–Crippen LogP) is 1.76. The van der Waals surface area contributed by atoms with Crippen LogP contribution in [0.25, 0.3) is 0 Å². The van der Waals surface area contributed by atoms with Gasteiger partial charge in [0.2, 0.25) is 0 Å². The number of aryl methyl sites for hydroxylation is 2. The molecular weight excluding hydrogens is 270 g/mol. The number of hydrogen-bond acceptors (Lipinski definition) is 5. The lowest BCUT2D eigenvalue weighted by Crippen LogP contribution is -2.44. The van der Waals surface area contributed by atoms with Crippen LogP contribution in [0.4, 0.5) is 5.13 Å². The number of rotatable bonds is 3. The fraction of sp³-hybridized carbons (Fsp3) is 0.571. The van der Waals surface area contributed by atoms with Gasteiger partial charge in [0.25, 0.3) is 0 Å². The van der Waals surface area contributed by atoms with Crippen LogP contribution in [0.15, 0.2) is 12.3 Å². The van der Waals surface area contributed by atoms with Crippen molar-refractivity contribution in [3.63, 3.8) is 0 Å². The molecule has 1 saturated heterocycles. The molecule has 0 radical (unpaired) electrons. The van der Waals surface area contributed by atoms with Gasteiger partial charge in [-0.25, -0.2) is 4.98 Å². The van der Waals surface area contributed by atoms with Gasteiger partial charge < -0.3 is 9.80 Å². The van der Waals surface area contributed by atoms with Gasteiger partial charge >= 0.3 is 0 Å². The summed E-state index contributed by atoms with van der Waals surface area (Å²) in [6.07, 6.45) is 1.99. The Kier molecular flexibility index (Phi) is 3.76. The molecule has 108 valence electrons. The Bertz CT molecular complexity index is 580. The van der Waals surface area contributed by atoms with Crippen LogP contribution in [0.3, 0.4) is 0 Å². The number of aromatic nitrogens is 3. The highest BCUT2D eigenvalue weighted by atomic mass is 32.1. The molecule has 0 atom stereocenters. The summed E-state index contributed by atoms with van der Waals surface area (Å²) >= 11 is 1.79. The molecule has 20 heavy (non-hydrogen) atoms. The molecule has 5 nitrogen and oxygen atoms in total. The standard InChI is InChI=1S/C14H21N5S/c1-11-8-12(2)19(16-11)10-13-9-15-14(20-13)18-6-4-17(3)5-7-18/h8-9H,4-7,10H2,1-3H3. The van der Waals surface area contributed by atoms with E-state index in [1.807, 2.05) is 13.1 Å². The summed E-state index contributed by atoms with van der Waals surface area (Å²) in [5, 5.41) is 5.66. The molecule has 3 heterocycles. The van der Waals surface area contributed by atoms with Gasteiger partial charge in [-0.05, 0) is 27.0 Å². The van der Waals surface area contributed by atoms with Crippen LogP contribution in [0.1, 0.15) is 16.3 Å². The highest BCUT2D eigenvalue weighted by molar-refractivity contribution is 7.15. The van der Waals surface area contributed by atoms with Gasteiger partial charge in [-0.1, -0.05) is 11.3 Å². The topological polar surface area (TPSA) is 37.2 Å². The van der Waals surface area contributed by atoms with Crippen LogP contribution < -0.4 is 4.90 Å². The first kappa shape index (κ1) is 13.6. The van der Waals surface area contributed by atoms with Crippen LogP contribution in [0, 0.1) is 13.8 Å². The minimum atomic E-state index is 0.824. The Hall–Kier alpha value is -1.40. The van der Waals surface area contributed by atoms with Crippen LogP contribution in [0.5, 0.6) is 0 Å². The summed E-state index contributed by atoms with van der Waals surface area (Å²) < 4.78 is 2.05. The van der Waals surface area contributed by atoms with Crippen LogP contribution in [-0.2, 0) is 6.54 Å².